The number of rotatable bonds is 6. The van der Waals surface area contributed by atoms with Gasteiger partial charge in [0.15, 0.2) is 17.5 Å². The molecular weight excluding hydrogens is 657 g/mol. The molecule has 0 N–H and O–H groups in total. The number of benzene rings is 8. The molecule has 0 radical (unpaired) electrons. The van der Waals surface area contributed by atoms with Gasteiger partial charge in [-0.2, -0.15) is 0 Å². The molecule has 2 heterocycles. The summed E-state index contributed by atoms with van der Waals surface area (Å²) < 4.78 is 0. The summed E-state index contributed by atoms with van der Waals surface area (Å²) in [6, 6.07) is 67.7. The molecule has 0 atom stereocenters. The molecule has 0 aliphatic carbocycles. The van der Waals surface area contributed by atoms with Crippen LogP contribution in [0.1, 0.15) is 0 Å². The quantitative estimate of drug-likeness (QED) is 0.163. The van der Waals surface area contributed by atoms with E-state index in [0.717, 1.165) is 50.0 Å². The summed E-state index contributed by atoms with van der Waals surface area (Å²) in [5.74, 6) is 1.96. The van der Waals surface area contributed by atoms with E-state index in [2.05, 4.69) is 133 Å². The van der Waals surface area contributed by atoms with E-state index in [1.54, 1.807) is 0 Å². The van der Waals surface area contributed by atoms with Gasteiger partial charge in [0.2, 0.25) is 0 Å². The minimum atomic E-state index is 0.646. The maximum absolute atomic E-state index is 5.10. The van der Waals surface area contributed by atoms with Crippen LogP contribution < -0.4 is 0 Å². The van der Waals surface area contributed by atoms with Crippen molar-refractivity contribution < 1.29 is 0 Å². The summed E-state index contributed by atoms with van der Waals surface area (Å²) in [7, 11) is 0. The molecule has 0 spiro atoms. The van der Waals surface area contributed by atoms with Crippen LogP contribution in [0.5, 0.6) is 0 Å². The van der Waals surface area contributed by atoms with Gasteiger partial charge in [0.1, 0.15) is 0 Å². The number of hydrogen-bond acceptors (Lipinski definition) is 4. The van der Waals surface area contributed by atoms with Crippen LogP contribution in [0.15, 0.2) is 194 Å². The van der Waals surface area contributed by atoms with Crippen molar-refractivity contribution in [3.63, 3.8) is 0 Å². The fourth-order valence-electron chi connectivity index (χ4n) is 7.30. The van der Waals surface area contributed by atoms with E-state index in [-0.39, 0.29) is 0 Å². The molecular formula is C50H32N4. The van der Waals surface area contributed by atoms with Crippen molar-refractivity contribution in [1.82, 2.24) is 19.9 Å². The Kier molecular flexibility index (Phi) is 7.77. The van der Waals surface area contributed by atoms with Crippen molar-refractivity contribution in [3.8, 4) is 67.7 Å². The minimum absolute atomic E-state index is 0.646. The first-order chi connectivity index (χ1) is 26.7. The number of fused-ring (bicyclic) bond motifs is 4. The standard InChI is InChI=1S/C50H32N4/c1-3-11-37(12-4-1)48-52-49(38-13-5-2-6-14-38)54-50(53-48)39-27-21-34(22-28-39)41-30-24-35-23-29-40(31-42(35)32-41)33-19-25-36(26-20-33)47-45-17-8-7-15-43(45)44-16-9-10-18-46(44)51-47/h1-32H. The van der Waals surface area contributed by atoms with E-state index < -0.39 is 0 Å². The number of pyridine rings is 1. The lowest BCUT2D eigenvalue weighted by Gasteiger charge is -2.11. The maximum atomic E-state index is 5.10. The number of para-hydroxylation sites is 1. The van der Waals surface area contributed by atoms with E-state index in [1.807, 2.05) is 60.7 Å². The SMILES string of the molecule is c1ccc(-c2nc(-c3ccccc3)nc(-c3ccc(-c4ccc5ccc(-c6ccc(-c7nc8ccccc8c8ccccc78)cc6)cc5c4)cc3)n2)cc1. The number of nitrogens with zero attached hydrogens (tertiary/aromatic N) is 4. The molecule has 4 nitrogen and oxygen atoms in total. The van der Waals surface area contributed by atoms with Gasteiger partial charge in [-0.25, -0.2) is 19.9 Å². The fraction of sp³-hybridized carbons (Fsp3) is 0. The largest absolute Gasteiger partial charge is 0.247 e. The second kappa shape index (κ2) is 13.4. The van der Waals surface area contributed by atoms with E-state index in [0.29, 0.717) is 17.5 Å². The molecule has 2 aromatic heterocycles. The Morgan fingerprint density at radius 2 is 0.648 bits per heavy atom. The molecule has 0 unspecified atom stereocenters. The zero-order valence-electron chi connectivity index (χ0n) is 29.3. The third-order valence-corrected chi connectivity index (χ3v) is 10.1. The van der Waals surface area contributed by atoms with Crippen LogP contribution in [-0.2, 0) is 0 Å². The zero-order valence-corrected chi connectivity index (χ0v) is 29.3. The van der Waals surface area contributed by atoms with E-state index in [9.17, 15) is 0 Å². The highest BCUT2D eigenvalue weighted by molar-refractivity contribution is 6.10. The predicted molar refractivity (Wildman–Crippen MR) is 223 cm³/mol. The van der Waals surface area contributed by atoms with Gasteiger partial charge in [-0.15, -0.1) is 0 Å². The van der Waals surface area contributed by atoms with Crippen LogP contribution in [0.4, 0.5) is 0 Å². The second-order valence-corrected chi connectivity index (χ2v) is 13.5. The monoisotopic (exact) mass is 688 g/mol. The molecule has 0 saturated carbocycles. The van der Waals surface area contributed by atoms with E-state index >= 15 is 0 Å². The van der Waals surface area contributed by atoms with Gasteiger partial charge in [-0.1, -0.05) is 176 Å². The zero-order chi connectivity index (χ0) is 35.8. The average molecular weight is 689 g/mol. The predicted octanol–water partition coefficient (Wildman–Crippen LogP) is 12.7. The molecule has 0 aliphatic heterocycles. The normalized spacial score (nSPS) is 11.3. The summed E-state index contributed by atoms with van der Waals surface area (Å²) in [6.45, 7) is 0. The molecule has 0 amide bonds. The maximum Gasteiger partial charge on any atom is 0.164 e. The Balaban J connectivity index is 0.958. The summed E-state index contributed by atoms with van der Waals surface area (Å²) >= 11 is 0. The van der Waals surface area contributed by atoms with E-state index in [1.165, 1.54) is 32.7 Å². The molecule has 10 rings (SSSR count). The molecule has 0 fully saturated rings. The Hall–Kier alpha value is -7.30. The van der Waals surface area contributed by atoms with Crippen LogP contribution in [0.3, 0.4) is 0 Å². The van der Waals surface area contributed by atoms with Crippen molar-refractivity contribution in [3.05, 3.63) is 194 Å². The third kappa shape index (κ3) is 5.86. The Morgan fingerprint density at radius 3 is 1.20 bits per heavy atom. The molecule has 0 saturated heterocycles. The highest BCUT2D eigenvalue weighted by atomic mass is 15.0. The average Bonchev–Trinajstić information content (AvgIpc) is 3.26. The van der Waals surface area contributed by atoms with Gasteiger partial charge in [-0.3, -0.25) is 0 Å². The smallest absolute Gasteiger partial charge is 0.164 e. The first kappa shape index (κ1) is 31.4. The van der Waals surface area contributed by atoms with E-state index in [4.69, 9.17) is 19.9 Å². The highest BCUT2D eigenvalue weighted by Crippen LogP contribution is 2.35. The molecule has 0 bridgehead atoms. The topological polar surface area (TPSA) is 51.6 Å². The number of aromatic nitrogens is 4. The van der Waals surface area contributed by atoms with Crippen LogP contribution in [0.2, 0.25) is 0 Å². The molecule has 252 valence electrons. The third-order valence-electron chi connectivity index (χ3n) is 10.1. The van der Waals surface area contributed by atoms with Gasteiger partial charge >= 0.3 is 0 Å². The Bertz CT molecular complexity index is 2900. The summed E-state index contributed by atoms with van der Waals surface area (Å²) in [6.07, 6.45) is 0. The summed E-state index contributed by atoms with van der Waals surface area (Å²) in [4.78, 5) is 19.7. The summed E-state index contributed by atoms with van der Waals surface area (Å²) in [5.41, 5.74) is 10.6. The van der Waals surface area contributed by atoms with Crippen molar-refractivity contribution in [1.29, 1.82) is 0 Å². The van der Waals surface area contributed by atoms with Crippen molar-refractivity contribution >= 4 is 32.4 Å². The molecule has 10 aromatic rings. The van der Waals surface area contributed by atoms with Gasteiger partial charge < -0.3 is 0 Å². The van der Waals surface area contributed by atoms with Crippen LogP contribution in [0.25, 0.3) is 100 Å². The van der Waals surface area contributed by atoms with Gasteiger partial charge in [0.25, 0.3) is 0 Å². The lowest BCUT2D eigenvalue weighted by Crippen LogP contribution is -2.00. The van der Waals surface area contributed by atoms with Gasteiger partial charge in [0.05, 0.1) is 11.2 Å². The molecule has 54 heavy (non-hydrogen) atoms. The molecule has 0 aliphatic rings. The fourth-order valence-corrected chi connectivity index (χ4v) is 7.30. The Morgan fingerprint density at radius 1 is 0.241 bits per heavy atom. The highest BCUT2D eigenvalue weighted by Gasteiger charge is 2.14. The van der Waals surface area contributed by atoms with Gasteiger partial charge in [0, 0.05) is 33.0 Å². The van der Waals surface area contributed by atoms with Crippen molar-refractivity contribution in [2.75, 3.05) is 0 Å². The number of hydrogen-bond donors (Lipinski definition) is 0. The minimum Gasteiger partial charge on any atom is -0.247 e. The summed E-state index contributed by atoms with van der Waals surface area (Å²) in [5, 5.41) is 5.96. The van der Waals surface area contributed by atoms with Crippen LogP contribution in [0, 0.1) is 0 Å². The Labute approximate surface area is 313 Å². The van der Waals surface area contributed by atoms with Crippen LogP contribution in [-0.4, -0.2) is 19.9 Å². The lowest BCUT2D eigenvalue weighted by atomic mass is 9.95. The van der Waals surface area contributed by atoms with Crippen LogP contribution >= 0.6 is 0 Å². The first-order valence-corrected chi connectivity index (χ1v) is 18.1. The van der Waals surface area contributed by atoms with Crippen molar-refractivity contribution in [2.45, 2.75) is 0 Å². The second-order valence-electron chi connectivity index (χ2n) is 13.5. The lowest BCUT2D eigenvalue weighted by molar-refractivity contribution is 1.07. The van der Waals surface area contributed by atoms with Gasteiger partial charge in [-0.05, 0) is 56.6 Å². The first-order valence-electron chi connectivity index (χ1n) is 18.1. The van der Waals surface area contributed by atoms with Crippen molar-refractivity contribution in [2.24, 2.45) is 0 Å². The molecule has 8 aromatic carbocycles. The molecule has 4 heteroatoms.